The first-order chi connectivity index (χ1) is 14.2. The van der Waals surface area contributed by atoms with Crippen LogP contribution in [-0.2, 0) is 23.7 Å². The zero-order valence-electron chi connectivity index (χ0n) is 19.4. The summed E-state index contributed by atoms with van der Waals surface area (Å²) in [6, 6.07) is 0. The minimum atomic E-state index is 0. The van der Waals surface area contributed by atoms with Gasteiger partial charge in [0.25, 0.3) is 0 Å². The molecule has 3 rings (SSSR count). The maximum atomic E-state index is 5.89. The fourth-order valence-corrected chi connectivity index (χ4v) is 5.94. The summed E-state index contributed by atoms with van der Waals surface area (Å²) in [7, 11) is 9.72. The van der Waals surface area contributed by atoms with E-state index in [-0.39, 0.29) is 14.9 Å². The quantitative estimate of drug-likeness (QED) is 0.0826. The molecule has 0 spiro atoms. The maximum Gasteiger partial charge on any atom is 0.118 e. The monoisotopic (exact) mass is 718 g/mol. The van der Waals surface area contributed by atoms with Crippen LogP contribution in [0.3, 0.4) is 0 Å². The Morgan fingerprint density at radius 2 is 1.16 bits per heavy atom. The van der Waals surface area contributed by atoms with Crippen LogP contribution in [0.2, 0.25) is 0 Å². The van der Waals surface area contributed by atoms with Crippen LogP contribution in [0.1, 0.15) is 114 Å². The van der Waals surface area contributed by atoms with Crippen molar-refractivity contribution in [2.45, 2.75) is 118 Å². The summed E-state index contributed by atoms with van der Waals surface area (Å²) in [5, 5.41) is 0. The highest BCUT2D eigenvalue weighted by Crippen LogP contribution is 2.56. The van der Waals surface area contributed by atoms with E-state index in [0.29, 0.717) is 23.0 Å². The summed E-state index contributed by atoms with van der Waals surface area (Å²) in [6.45, 7) is 12.1. The lowest BCUT2D eigenvalue weighted by atomic mass is 9.52. The summed E-state index contributed by atoms with van der Waals surface area (Å²) >= 11 is 10.1. The third-order valence-corrected chi connectivity index (χ3v) is 7.31. The lowest BCUT2D eigenvalue weighted by Gasteiger charge is -2.52. The second-order valence-corrected chi connectivity index (χ2v) is 13.8. The Kier molecular flexibility index (Phi) is 19.7. The van der Waals surface area contributed by atoms with Gasteiger partial charge < -0.3 is 0 Å². The Morgan fingerprint density at radius 1 is 0.812 bits per heavy atom. The van der Waals surface area contributed by atoms with E-state index in [1.54, 1.807) is 33.4 Å². The van der Waals surface area contributed by atoms with Crippen molar-refractivity contribution in [2.75, 3.05) is 5.88 Å². The maximum absolute atomic E-state index is 5.89. The predicted molar refractivity (Wildman–Crippen MR) is 176 cm³/mol. The SMILES string of the molecule is C.C.CCCCCC1(C)Cc2c(C)c3c(c(C)c21)CC3(C)CCCCCl.[B]PI.[B]PI. The zero-order chi connectivity index (χ0) is 22.9. The molecule has 4 atom stereocenters. The van der Waals surface area contributed by atoms with E-state index in [4.69, 9.17) is 26.7 Å². The number of fused-ring (bicyclic) bond motifs is 2. The summed E-state index contributed by atoms with van der Waals surface area (Å²) in [5.41, 5.74) is 11.0. The molecule has 1 aromatic rings. The second-order valence-electron chi connectivity index (χ2n) is 9.25. The normalized spacial score (nSPS) is 22.2. The van der Waals surface area contributed by atoms with Gasteiger partial charge in [-0.1, -0.05) is 105 Å². The molecular formula is C25H45B2ClI2P2. The molecule has 32 heavy (non-hydrogen) atoms. The fraction of sp³-hybridized carbons (Fsp3) is 0.760. The van der Waals surface area contributed by atoms with Crippen molar-refractivity contribution >= 4 is 83.0 Å². The third kappa shape index (κ3) is 8.52. The second kappa shape index (κ2) is 17.4. The molecule has 0 aliphatic heterocycles. The van der Waals surface area contributed by atoms with Gasteiger partial charge in [0.15, 0.2) is 0 Å². The van der Waals surface area contributed by atoms with Gasteiger partial charge in [-0.05, 0) is 90.2 Å². The van der Waals surface area contributed by atoms with Crippen LogP contribution in [0.5, 0.6) is 0 Å². The molecule has 0 aromatic heterocycles. The molecule has 2 aliphatic rings. The third-order valence-electron chi connectivity index (χ3n) is 7.04. The first-order valence-electron chi connectivity index (χ1n) is 11.1. The van der Waals surface area contributed by atoms with E-state index >= 15 is 0 Å². The van der Waals surface area contributed by atoms with Gasteiger partial charge in [-0.2, -0.15) is 0 Å². The summed E-state index contributed by atoms with van der Waals surface area (Å²) < 4.78 is 0. The summed E-state index contributed by atoms with van der Waals surface area (Å²) in [6.07, 6.45) is 12.9. The Hall–Kier alpha value is 1.96. The Balaban J connectivity index is 0. The van der Waals surface area contributed by atoms with Gasteiger partial charge in [-0.15, -0.1) is 23.8 Å². The van der Waals surface area contributed by atoms with Crippen LogP contribution < -0.4 is 0 Å². The van der Waals surface area contributed by atoms with Gasteiger partial charge in [-0.3, -0.25) is 0 Å². The van der Waals surface area contributed by atoms with E-state index in [2.05, 4.69) is 78.7 Å². The number of unbranched alkanes of at least 4 members (excludes halogenated alkanes) is 3. The number of hydrogen-bond donors (Lipinski definition) is 0. The summed E-state index contributed by atoms with van der Waals surface area (Å²) in [4.78, 5) is 0. The highest BCUT2D eigenvalue weighted by atomic mass is 127. The van der Waals surface area contributed by atoms with Gasteiger partial charge in [0, 0.05) is 5.88 Å². The fourth-order valence-electron chi connectivity index (χ4n) is 5.75. The first-order valence-corrected chi connectivity index (χ1v) is 20.0. The molecule has 0 N–H and O–H groups in total. The van der Waals surface area contributed by atoms with Crippen LogP contribution in [0.25, 0.3) is 0 Å². The molecule has 1 aromatic carbocycles. The molecule has 0 nitrogen and oxygen atoms in total. The summed E-state index contributed by atoms with van der Waals surface area (Å²) in [5.74, 6) is 0.807. The Morgan fingerprint density at radius 3 is 1.47 bits per heavy atom. The van der Waals surface area contributed by atoms with Crippen LogP contribution in [0, 0.1) is 13.8 Å². The van der Waals surface area contributed by atoms with Crippen molar-refractivity contribution in [3.8, 4) is 0 Å². The molecule has 0 bridgehead atoms. The number of hydrogen-bond acceptors (Lipinski definition) is 0. The largest absolute Gasteiger partial charge is 0.127 e. The van der Waals surface area contributed by atoms with Crippen molar-refractivity contribution in [3.63, 3.8) is 0 Å². The van der Waals surface area contributed by atoms with Gasteiger partial charge in [0.1, 0.15) is 15.1 Å². The molecule has 0 amide bonds. The van der Waals surface area contributed by atoms with Gasteiger partial charge in [0.2, 0.25) is 0 Å². The number of alkyl halides is 1. The van der Waals surface area contributed by atoms with E-state index < -0.39 is 0 Å². The van der Waals surface area contributed by atoms with E-state index in [1.165, 1.54) is 51.4 Å². The van der Waals surface area contributed by atoms with E-state index in [0.717, 1.165) is 12.3 Å². The standard InChI is InChI=1S/C23H35Cl.2CH4.2BHIP/c1-6-7-8-11-22(4)14-18-17(3)21-19(16(2)20(18)22)15-23(21,5)12-9-10-13-24;;;2*1-3-2/h6-15H2,1-5H3;2*1H4;2*3H. The number of rotatable bonds is 8. The van der Waals surface area contributed by atoms with Crippen LogP contribution >= 0.6 is 67.9 Å². The van der Waals surface area contributed by atoms with Crippen LogP contribution in [0.4, 0.5) is 0 Å². The predicted octanol–water partition coefficient (Wildman–Crippen LogP) is 10.4. The highest BCUT2D eigenvalue weighted by Gasteiger charge is 2.48. The van der Waals surface area contributed by atoms with Gasteiger partial charge in [-0.25, -0.2) is 0 Å². The molecule has 0 saturated carbocycles. The molecular weight excluding hydrogens is 673 g/mol. The number of halogens is 3. The lowest BCUT2D eigenvalue weighted by Crippen LogP contribution is -2.44. The van der Waals surface area contributed by atoms with Crippen LogP contribution in [-0.4, -0.2) is 21.0 Å². The zero-order valence-corrected chi connectivity index (χ0v) is 26.4. The minimum Gasteiger partial charge on any atom is -0.127 e. The first kappa shape index (κ1) is 36.1. The molecule has 4 unspecified atom stereocenters. The highest BCUT2D eigenvalue weighted by molar-refractivity contribution is 14.2. The van der Waals surface area contributed by atoms with Crippen LogP contribution in [0.15, 0.2) is 0 Å². The molecule has 0 saturated heterocycles. The van der Waals surface area contributed by atoms with Crippen molar-refractivity contribution in [3.05, 3.63) is 33.4 Å². The van der Waals surface area contributed by atoms with Crippen molar-refractivity contribution in [1.29, 1.82) is 0 Å². The lowest BCUT2D eigenvalue weighted by molar-refractivity contribution is 0.333. The van der Waals surface area contributed by atoms with Crippen molar-refractivity contribution < 1.29 is 0 Å². The molecule has 4 radical (unpaired) electrons. The molecule has 2 aliphatic carbocycles. The molecule has 182 valence electrons. The average Bonchev–Trinajstić information content (AvgIpc) is 2.65. The Bertz CT molecular complexity index is 616. The topological polar surface area (TPSA) is 0 Å². The van der Waals surface area contributed by atoms with E-state index in [9.17, 15) is 0 Å². The molecule has 7 heteroatoms. The minimum absolute atomic E-state index is 0. The van der Waals surface area contributed by atoms with Gasteiger partial charge >= 0.3 is 0 Å². The van der Waals surface area contributed by atoms with Gasteiger partial charge in [0.05, 0.1) is 0 Å². The Labute approximate surface area is 238 Å². The number of benzene rings is 1. The smallest absolute Gasteiger partial charge is 0.118 e. The molecule has 0 fully saturated rings. The molecule has 0 heterocycles. The van der Waals surface area contributed by atoms with Crippen molar-refractivity contribution in [1.82, 2.24) is 0 Å². The van der Waals surface area contributed by atoms with Crippen molar-refractivity contribution in [2.24, 2.45) is 0 Å². The van der Waals surface area contributed by atoms with E-state index in [1.807, 2.05) is 0 Å². The average molecular weight is 718 g/mol.